The van der Waals surface area contributed by atoms with E-state index in [4.69, 9.17) is 14.8 Å². The Labute approximate surface area is 170 Å². The summed E-state index contributed by atoms with van der Waals surface area (Å²) in [4.78, 5) is -3.58. The molecule has 2 aromatic carbocycles. The van der Waals surface area contributed by atoms with Gasteiger partial charge in [-0.1, -0.05) is 18.2 Å². The Morgan fingerprint density at radius 3 is 1.43 bits per heavy atom. The van der Waals surface area contributed by atoms with Crippen LogP contribution in [-0.2, 0) is 40.8 Å². The summed E-state index contributed by atoms with van der Waals surface area (Å²) in [5, 5.41) is 0. The Balaban J connectivity index is 3.19. The van der Waals surface area contributed by atoms with Gasteiger partial charge in [0.05, 0.1) is 5.69 Å². The summed E-state index contributed by atoms with van der Waals surface area (Å²) >= 11 is 0. The van der Waals surface area contributed by atoms with Crippen LogP contribution in [0.5, 0.6) is 0 Å². The molecule has 0 radical (unpaired) electrons. The van der Waals surface area contributed by atoms with Crippen LogP contribution in [0.25, 0.3) is 11.1 Å². The maximum atomic E-state index is 11.9. The van der Waals surface area contributed by atoms with Gasteiger partial charge in [0.15, 0.2) is 0 Å². The molecule has 2 aromatic rings. The maximum absolute atomic E-state index is 11.9. The number of anilines is 2. The van der Waals surface area contributed by atoms with Crippen molar-refractivity contribution in [2.45, 2.75) is 9.79 Å². The van der Waals surface area contributed by atoms with Crippen LogP contribution in [0.1, 0.15) is 0 Å². The van der Waals surface area contributed by atoms with Gasteiger partial charge in [0.2, 0.25) is 0 Å². The molecule has 18 heteroatoms. The van der Waals surface area contributed by atoms with Gasteiger partial charge >= 0.3 is 20.6 Å². The summed E-state index contributed by atoms with van der Waals surface area (Å²) < 4.78 is 130. The highest BCUT2D eigenvalue weighted by atomic mass is 32.3. The molecule has 2 rings (SSSR count). The lowest BCUT2D eigenvalue weighted by molar-refractivity contribution is 0.461. The van der Waals surface area contributed by atoms with Crippen molar-refractivity contribution in [2.75, 3.05) is 9.44 Å². The summed E-state index contributed by atoms with van der Waals surface area (Å²) in [6.45, 7) is 0. The van der Waals surface area contributed by atoms with E-state index in [1.165, 1.54) is 12.1 Å². The van der Waals surface area contributed by atoms with Crippen LogP contribution in [0.4, 0.5) is 11.4 Å². The molecule has 0 fully saturated rings. The van der Waals surface area contributed by atoms with Crippen LogP contribution in [0.15, 0.2) is 46.2 Å². The summed E-state index contributed by atoms with van der Waals surface area (Å²) in [6, 6.07) is 5.82. The van der Waals surface area contributed by atoms with E-state index < -0.39 is 65.6 Å². The highest BCUT2D eigenvalue weighted by Crippen LogP contribution is 2.40. The first-order valence-electron chi connectivity index (χ1n) is 7.08. The van der Waals surface area contributed by atoms with Crippen LogP contribution >= 0.6 is 0 Å². The van der Waals surface area contributed by atoms with Crippen LogP contribution in [0.3, 0.4) is 0 Å². The molecule has 0 aliphatic rings. The zero-order valence-corrected chi connectivity index (χ0v) is 17.4. The Morgan fingerprint density at radius 2 is 1.07 bits per heavy atom. The van der Waals surface area contributed by atoms with Crippen LogP contribution in [-0.4, -0.2) is 51.9 Å². The van der Waals surface area contributed by atoms with E-state index in [-0.39, 0.29) is 11.3 Å². The molecule has 0 saturated carbocycles. The quantitative estimate of drug-likeness (QED) is 0.254. The second-order valence-electron chi connectivity index (χ2n) is 5.52. The molecule has 30 heavy (non-hydrogen) atoms. The van der Waals surface area contributed by atoms with E-state index in [2.05, 4.69) is 0 Å². The second-order valence-corrected chi connectivity index (χ2v) is 11.0. The predicted molar refractivity (Wildman–Crippen MR) is 101 cm³/mol. The van der Waals surface area contributed by atoms with Crippen LogP contribution in [0.2, 0.25) is 0 Å². The number of nitrogen functional groups attached to an aromatic ring is 1. The van der Waals surface area contributed by atoms with E-state index in [9.17, 15) is 42.8 Å². The van der Waals surface area contributed by atoms with Crippen molar-refractivity contribution in [1.29, 1.82) is 0 Å². The van der Waals surface area contributed by atoms with E-state index in [0.717, 1.165) is 12.1 Å². The van der Waals surface area contributed by atoms with Gasteiger partial charge in [0.25, 0.3) is 20.2 Å². The molecule has 6 N–H and O–H groups in total. The molecular weight excluding hydrogens is 492 g/mol. The molecule has 0 unspecified atom stereocenters. The number of nitrogens with two attached hydrogens (primary N) is 1. The summed E-state index contributed by atoms with van der Waals surface area (Å²) in [5.41, 5.74) is 3.23. The summed E-state index contributed by atoms with van der Waals surface area (Å²) in [5.74, 6) is 0. The molecular formula is C12H12N2O12S4. The Kier molecular flexibility index (Phi) is 5.93. The minimum absolute atomic E-state index is 0.112. The maximum Gasteiger partial charge on any atom is 0.375 e. The molecule has 0 aliphatic heterocycles. The lowest BCUT2D eigenvalue weighted by atomic mass is 10.0. The molecule has 0 spiro atoms. The minimum Gasteiger partial charge on any atom is -0.399 e. The normalized spacial score (nSPS) is 13.2. The second kappa shape index (κ2) is 7.42. The number of hydrogen-bond donors (Lipinski definition) is 5. The first-order chi connectivity index (χ1) is 13.3. The zero-order chi connectivity index (χ0) is 23.3. The molecule has 0 saturated heterocycles. The first kappa shape index (κ1) is 24.0. The standard InChI is InChI=1S/C12H12N2O12S4/c13-8-3-1-7(2-4-8)9-5-6-10(14(29(21,22)23)30(24,25)26)12(28(18,19)20)11(9)27(15,16)17/h1-6H,13H2,(H,15,16,17)(H,18,19,20)(H,21,22,23)(H,24,25,26). The van der Waals surface area contributed by atoms with E-state index >= 15 is 0 Å². The number of hydrogen-bond acceptors (Lipinski definition) is 9. The highest BCUT2D eigenvalue weighted by Gasteiger charge is 2.40. The van der Waals surface area contributed by atoms with Crippen molar-refractivity contribution in [3.8, 4) is 11.1 Å². The van der Waals surface area contributed by atoms with Crippen molar-refractivity contribution in [2.24, 2.45) is 0 Å². The third-order valence-corrected chi connectivity index (χ3v) is 7.80. The zero-order valence-electron chi connectivity index (χ0n) is 14.2. The molecule has 0 atom stereocenters. The molecule has 0 aromatic heterocycles. The SMILES string of the molecule is Nc1ccc(-c2ccc(N(S(=O)(=O)O)S(=O)(=O)O)c(S(=O)(=O)O)c2S(=O)(=O)O)cc1. The molecule has 0 heterocycles. The van der Waals surface area contributed by atoms with Gasteiger partial charge < -0.3 is 5.73 Å². The lowest BCUT2D eigenvalue weighted by Gasteiger charge is -2.21. The predicted octanol–water partition coefficient (Wildman–Crippen LogP) is -0.159. The number of nitrogens with zero attached hydrogens (tertiary/aromatic N) is 1. The monoisotopic (exact) mass is 504 g/mol. The van der Waals surface area contributed by atoms with Gasteiger partial charge in [0, 0.05) is 11.3 Å². The fourth-order valence-corrected chi connectivity index (χ4v) is 6.53. The summed E-state index contributed by atoms with van der Waals surface area (Å²) in [7, 11) is -23.4. The average molecular weight is 504 g/mol. The smallest absolute Gasteiger partial charge is 0.375 e. The first-order valence-corrected chi connectivity index (χ1v) is 12.8. The Morgan fingerprint density at radius 1 is 0.633 bits per heavy atom. The van der Waals surface area contributed by atoms with Gasteiger partial charge in [-0.05, 0) is 23.8 Å². The van der Waals surface area contributed by atoms with Crippen molar-refractivity contribution < 1.29 is 51.9 Å². The third kappa shape index (κ3) is 4.87. The van der Waals surface area contributed by atoms with Gasteiger partial charge in [0.1, 0.15) is 9.79 Å². The minimum atomic E-state index is -5.98. The van der Waals surface area contributed by atoms with Crippen molar-refractivity contribution >= 4 is 52.2 Å². The Hall–Kier alpha value is -2.32. The van der Waals surface area contributed by atoms with Crippen molar-refractivity contribution in [1.82, 2.24) is 0 Å². The molecule has 0 aliphatic carbocycles. The van der Waals surface area contributed by atoms with Gasteiger partial charge in [-0.3, -0.25) is 18.2 Å². The van der Waals surface area contributed by atoms with E-state index in [1.54, 1.807) is 0 Å². The molecule has 14 nitrogen and oxygen atoms in total. The van der Waals surface area contributed by atoms with Gasteiger partial charge in [-0.15, -0.1) is 3.71 Å². The van der Waals surface area contributed by atoms with E-state index in [0.29, 0.717) is 12.1 Å². The third-order valence-electron chi connectivity index (χ3n) is 3.44. The lowest BCUT2D eigenvalue weighted by Crippen LogP contribution is -2.37. The van der Waals surface area contributed by atoms with E-state index in [1.807, 2.05) is 0 Å². The summed E-state index contributed by atoms with van der Waals surface area (Å²) in [6.07, 6.45) is 0. The Bertz CT molecular complexity index is 1400. The van der Waals surface area contributed by atoms with Crippen molar-refractivity contribution in [3.05, 3.63) is 36.4 Å². The molecule has 0 bridgehead atoms. The highest BCUT2D eigenvalue weighted by molar-refractivity contribution is 8.05. The van der Waals surface area contributed by atoms with Crippen molar-refractivity contribution in [3.63, 3.8) is 0 Å². The number of benzene rings is 2. The number of rotatable bonds is 6. The topological polar surface area (TPSA) is 247 Å². The van der Waals surface area contributed by atoms with Gasteiger partial charge in [-0.25, -0.2) is 0 Å². The molecule has 166 valence electrons. The largest absolute Gasteiger partial charge is 0.399 e. The average Bonchev–Trinajstić information content (AvgIpc) is 2.50. The fourth-order valence-electron chi connectivity index (χ4n) is 2.46. The van der Waals surface area contributed by atoms with Crippen LogP contribution < -0.4 is 9.44 Å². The van der Waals surface area contributed by atoms with Crippen LogP contribution in [0, 0.1) is 0 Å². The van der Waals surface area contributed by atoms with Gasteiger partial charge in [-0.2, -0.15) is 33.7 Å². The molecule has 0 amide bonds. The fraction of sp³-hybridized carbons (Fsp3) is 0.